The Morgan fingerprint density at radius 3 is 2.50 bits per heavy atom. The summed E-state index contributed by atoms with van der Waals surface area (Å²) in [6, 6.07) is 1.37. The van der Waals surface area contributed by atoms with Gasteiger partial charge in [-0.3, -0.25) is 9.59 Å². The number of carbonyl (C=O) groups is 2. The monoisotopic (exact) mass is 306 g/mol. The Morgan fingerprint density at radius 2 is 1.90 bits per heavy atom. The zero-order valence-electron chi connectivity index (χ0n) is 10.5. The molecule has 1 unspecified atom stereocenters. The number of hydrogen-bond donors (Lipinski definition) is 3. The molecule has 0 aliphatic carbocycles. The van der Waals surface area contributed by atoms with E-state index in [-0.39, 0.29) is 29.8 Å². The first-order chi connectivity index (χ1) is 9.35. The topological polar surface area (TPSA) is 78.4 Å². The van der Waals surface area contributed by atoms with Gasteiger partial charge in [0.05, 0.1) is 10.7 Å². The minimum Gasteiger partial charge on any atom is -0.396 e. The summed E-state index contributed by atoms with van der Waals surface area (Å²) >= 11 is 5.61. The molecule has 1 atom stereocenters. The number of hydrogen-bond acceptors (Lipinski definition) is 3. The van der Waals surface area contributed by atoms with Gasteiger partial charge in [-0.25, -0.2) is 8.78 Å². The summed E-state index contributed by atoms with van der Waals surface area (Å²) in [5.41, 5.74) is -0.207. The maximum Gasteiger partial charge on any atom is 0.313 e. The molecule has 110 valence electrons. The van der Waals surface area contributed by atoms with Crippen molar-refractivity contribution in [1.82, 2.24) is 5.32 Å². The fraction of sp³-hybridized carbons (Fsp3) is 0.333. The zero-order valence-corrected chi connectivity index (χ0v) is 11.3. The fourth-order valence-electron chi connectivity index (χ4n) is 1.21. The molecular weight excluding hydrogens is 294 g/mol. The first-order valence-corrected chi connectivity index (χ1v) is 6.07. The molecule has 0 bridgehead atoms. The molecule has 3 N–H and O–H groups in total. The summed E-state index contributed by atoms with van der Waals surface area (Å²) in [6.45, 7) is 1.63. The molecule has 2 amide bonds. The van der Waals surface area contributed by atoms with Gasteiger partial charge in [-0.1, -0.05) is 18.5 Å². The zero-order chi connectivity index (χ0) is 15.3. The summed E-state index contributed by atoms with van der Waals surface area (Å²) in [5.74, 6) is -4.60. The number of carbonyl (C=O) groups excluding carboxylic acids is 2. The molecule has 0 heterocycles. The van der Waals surface area contributed by atoms with Gasteiger partial charge in [0, 0.05) is 19.2 Å². The standard InChI is InChI=1S/C12H13ClF2N2O3/c1-6(5-18)4-16-11(19)12(20)17-10-3-9(15)8(14)2-7(10)13/h2-3,6,18H,4-5H2,1H3,(H,16,19)(H,17,20). The van der Waals surface area contributed by atoms with Crippen molar-refractivity contribution < 1.29 is 23.5 Å². The first kappa shape index (κ1) is 16.3. The lowest BCUT2D eigenvalue weighted by Gasteiger charge is -2.10. The van der Waals surface area contributed by atoms with E-state index in [2.05, 4.69) is 10.6 Å². The van der Waals surface area contributed by atoms with Crippen LogP contribution in [0.25, 0.3) is 0 Å². The van der Waals surface area contributed by atoms with Crippen molar-refractivity contribution in [3.8, 4) is 0 Å². The van der Waals surface area contributed by atoms with Crippen LogP contribution < -0.4 is 10.6 Å². The van der Waals surface area contributed by atoms with Crippen molar-refractivity contribution >= 4 is 29.1 Å². The number of rotatable bonds is 4. The van der Waals surface area contributed by atoms with Crippen LogP contribution >= 0.6 is 11.6 Å². The van der Waals surface area contributed by atoms with Gasteiger partial charge in [0.25, 0.3) is 0 Å². The summed E-state index contributed by atoms with van der Waals surface area (Å²) in [4.78, 5) is 22.9. The lowest BCUT2D eigenvalue weighted by molar-refractivity contribution is -0.136. The van der Waals surface area contributed by atoms with Gasteiger partial charge in [0.2, 0.25) is 0 Å². The Kier molecular flexibility index (Phi) is 5.84. The van der Waals surface area contributed by atoms with Crippen LogP contribution in [-0.4, -0.2) is 30.1 Å². The molecule has 0 aliphatic rings. The predicted octanol–water partition coefficient (Wildman–Crippen LogP) is 1.30. The van der Waals surface area contributed by atoms with Crippen LogP contribution in [0.5, 0.6) is 0 Å². The minimum atomic E-state index is -1.20. The largest absolute Gasteiger partial charge is 0.396 e. The SMILES string of the molecule is CC(CO)CNC(=O)C(=O)Nc1cc(F)c(F)cc1Cl. The Labute approximate surface area is 118 Å². The van der Waals surface area contributed by atoms with Crippen molar-refractivity contribution in [2.75, 3.05) is 18.5 Å². The normalized spacial score (nSPS) is 11.8. The van der Waals surface area contributed by atoms with E-state index in [0.717, 1.165) is 0 Å². The third kappa shape index (κ3) is 4.43. The second-order valence-corrected chi connectivity index (χ2v) is 4.61. The maximum absolute atomic E-state index is 13.0. The van der Waals surface area contributed by atoms with Crippen LogP contribution in [-0.2, 0) is 9.59 Å². The molecule has 0 fully saturated rings. The summed E-state index contributed by atoms with van der Waals surface area (Å²) in [5, 5.41) is 12.9. The molecule has 0 saturated carbocycles. The van der Waals surface area contributed by atoms with Crippen molar-refractivity contribution in [3.05, 3.63) is 28.8 Å². The Morgan fingerprint density at radius 1 is 1.30 bits per heavy atom. The predicted molar refractivity (Wildman–Crippen MR) is 69.3 cm³/mol. The molecule has 0 radical (unpaired) electrons. The van der Waals surface area contributed by atoms with Gasteiger partial charge < -0.3 is 15.7 Å². The minimum absolute atomic E-state index is 0.105. The second kappa shape index (κ2) is 7.16. The molecule has 1 aromatic carbocycles. The number of aliphatic hydroxyl groups is 1. The van der Waals surface area contributed by atoms with Crippen molar-refractivity contribution in [3.63, 3.8) is 0 Å². The third-order valence-corrected chi connectivity index (χ3v) is 2.70. The highest BCUT2D eigenvalue weighted by atomic mass is 35.5. The number of aliphatic hydroxyl groups excluding tert-OH is 1. The smallest absolute Gasteiger partial charge is 0.313 e. The highest BCUT2D eigenvalue weighted by Gasteiger charge is 2.17. The van der Waals surface area contributed by atoms with Crippen LogP contribution in [0.2, 0.25) is 5.02 Å². The maximum atomic E-state index is 13.0. The molecule has 0 aromatic heterocycles. The van der Waals surface area contributed by atoms with Gasteiger partial charge >= 0.3 is 11.8 Å². The molecule has 8 heteroatoms. The number of halogens is 3. The van der Waals surface area contributed by atoms with E-state index >= 15 is 0 Å². The van der Waals surface area contributed by atoms with E-state index in [1.165, 1.54) is 0 Å². The number of anilines is 1. The number of nitrogens with one attached hydrogen (secondary N) is 2. The molecule has 1 rings (SSSR count). The molecule has 1 aromatic rings. The average molecular weight is 307 g/mol. The van der Waals surface area contributed by atoms with E-state index in [0.29, 0.717) is 12.1 Å². The molecule has 5 nitrogen and oxygen atoms in total. The highest BCUT2D eigenvalue weighted by Crippen LogP contribution is 2.24. The van der Waals surface area contributed by atoms with Crippen molar-refractivity contribution in [1.29, 1.82) is 0 Å². The lowest BCUT2D eigenvalue weighted by atomic mass is 10.2. The van der Waals surface area contributed by atoms with Gasteiger partial charge in [0.15, 0.2) is 11.6 Å². The number of amides is 2. The van der Waals surface area contributed by atoms with Crippen molar-refractivity contribution in [2.24, 2.45) is 5.92 Å². The van der Waals surface area contributed by atoms with Gasteiger partial charge in [-0.15, -0.1) is 0 Å². The summed E-state index contributed by atoms with van der Waals surface area (Å²) in [6.07, 6.45) is 0. The van der Waals surface area contributed by atoms with E-state index in [4.69, 9.17) is 16.7 Å². The molecule has 0 spiro atoms. The van der Waals surface area contributed by atoms with Crippen LogP contribution in [0.4, 0.5) is 14.5 Å². The van der Waals surface area contributed by atoms with Crippen LogP contribution in [0.15, 0.2) is 12.1 Å². The molecule has 0 aliphatic heterocycles. The summed E-state index contributed by atoms with van der Waals surface area (Å²) in [7, 11) is 0. The molecule has 0 saturated heterocycles. The Balaban J connectivity index is 2.66. The van der Waals surface area contributed by atoms with Crippen molar-refractivity contribution in [2.45, 2.75) is 6.92 Å². The van der Waals surface area contributed by atoms with Crippen LogP contribution in [0.3, 0.4) is 0 Å². The van der Waals surface area contributed by atoms with Gasteiger partial charge in [-0.05, 0) is 12.0 Å². The van der Waals surface area contributed by atoms with E-state index in [1.54, 1.807) is 6.92 Å². The quantitative estimate of drug-likeness (QED) is 0.579. The lowest BCUT2D eigenvalue weighted by Crippen LogP contribution is -2.38. The Hall–Kier alpha value is -1.73. The van der Waals surface area contributed by atoms with E-state index in [1.807, 2.05) is 0 Å². The van der Waals surface area contributed by atoms with Gasteiger partial charge in [0.1, 0.15) is 0 Å². The fourth-order valence-corrected chi connectivity index (χ4v) is 1.41. The average Bonchev–Trinajstić information content (AvgIpc) is 2.41. The van der Waals surface area contributed by atoms with Gasteiger partial charge in [-0.2, -0.15) is 0 Å². The number of benzene rings is 1. The van der Waals surface area contributed by atoms with E-state index in [9.17, 15) is 18.4 Å². The molecular formula is C12H13ClF2N2O3. The highest BCUT2D eigenvalue weighted by molar-refractivity contribution is 6.41. The first-order valence-electron chi connectivity index (χ1n) is 5.69. The van der Waals surface area contributed by atoms with Crippen LogP contribution in [0, 0.1) is 17.6 Å². The van der Waals surface area contributed by atoms with E-state index < -0.39 is 23.4 Å². The van der Waals surface area contributed by atoms with Crippen LogP contribution in [0.1, 0.15) is 6.92 Å². The second-order valence-electron chi connectivity index (χ2n) is 4.20. The third-order valence-electron chi connectivity index (χ3n) is 2.39. The summed E-state index contributed by atoms with van der Waals surface area (Å²) < 4.78 is 25.8. The molecule has 20 heavy (non-hydrogen) atoms. The Bertz CT molecular complexity index is 526.